The first-order valence-electron chi connectivity index (χ1n) is 4.07. The van der Waals surface area contributed by atoms with Crippen molar-refractivity contribution in [1.29, 1.82) is 0 Å². The van der Waals surface area contributed by atoms with E-state index < -0.39 is 7.12 Å². The molecule has 1 aliphatic rings. The van der Waals surface area contributed by atoms with Gasteiger partial charge in [0.15, 0.2) is 0 Å². The monoisotopic (exact) mass is 198 g/mol. The summed E-state index contributed by atoms with van der Waals surface area (Å²) in [6.45, 7) is 0. The molecule has 68 valence electrons. The first-order chi connectivity index (χ1) is 6.18. The van der Waals surface area contributed by atoms with Crippen molar-refractivity contribution >= 4 is 24.2 Å². The summed E-state index contributed by atoms with van der Waals surface area (Å²) in [4.78, 5) is 7.70. The van der Waals surface area contributed by atoms with Crippen molar-refractivity contribution in [2.24, 2.45) is 0 Å². The molecule has 0 bridgehead atoms. The van der Waals surface area contributed by atoms with Crippen LogP contribution in [0.1, 0.15) is 24.5 Å². The Balaban J connectivity index is 2.42. The van der Waals surface area contributed by atoms with E-state index in [2.05, 4.69) is 9.97 Å². The Hall–Kier alpha value is -0.645. The third kappa shape index (κ3) is 1.82. The van der Waals surface area contributed by atoms with E-state index in [0.29, 0.717) is 17.1 Å². The van der Waals surface area contributed by atoms with E-state index in [1.165, 1.54) is 6.20 Å². The Morgan fingerprint density at radius 1 is 1.46 bits per heavy atom. The van der Waals surface area contributed by atoms with Crippen molar-refractivity contribution in [1.82, 2.24) is 9.97 Å². The summed E-state index contributed by atoms with van der Waals surface area (Å²) < 4.78 is 0. The third-order valence-electron chi connectivity index (χ3n) is 2.06. The quantitative estimate of drug-likeness (QED) is 0.505. The van der Waals surface area contributed by atoms with Crippen LogP contribution in [0.25, 0.3) is 0 Å². The van der Waals surface area contributed by atoms with Crippen molar-refractivity contribution in [2.75, 3.05) is 0 Å². The second-order valence-electron chi connectivity index (χ2n) is 3.13. The summed E-state index contributed by atoms with van der Waals surface area (Å²) >= 11 is 5.61. The standard InChI is InChI=1S/C7H8BClN2O2/c9-7-10-3-5(8(12)13)6(11-7)4-1-2-4/h3-4,12-13H,1-2H2. The van der Waals surface area contributed by atoms with Gasteiger partial charge in [-0.15, -0.1) is 0 Å². The highest BCUT2D eigenvalue weighted by Crippen LogP contribution is 2.38. The summed E-state index contributed by atoms with van der Waals surface area (Å²) in [6, 6.07) is 0. The molecule has 2 N–H and O–H groups in total. The molecule has 0 aliphatic heterocycles. The zero-order valence-electron chi connectivity index (χ0n) is 6.81. The first kappa shape index (κ1) is 8.93. The fourth-order valence-corrected chi connectivity index (χ4v) is 1.40. The van der Waals surface area contributed by atoms with Crippen LogP contribution >= 0.6 is 11.6 Å². The predicted octanol–water partition coefficient (Wildman–Crippen LogP) is -0.313. The van der Waals surface area contributed by atoms with E-state index in [0.717, 1.165) is 12.8 Å². The number of rotatable bonds is 2. The van der Waals surface area contributed by atoms with Gasteiger partial charge in [0.05, 0.1) is 0 Å². The number of halogens is 1. The number of hydrogen-bond acceptors (Lipinski definition) is 4. The molecule has 2 rings (SSSR count). The fraction of sp³-hybridized carbons (Fsp3) is 0.429. The van der Waals surface area contributed by atoms with Crippen LogP contribution in [0.3, 0.4) is 0 Å². The van der Waals surface area contributed by atoms with Gasteiger partial charge in [-0.3, -0.25) is 0 Å². The minimum Gasteiger partial charge on any atom is -0.423 e. The minimum absolute atomic E-state index is 0.159. The van der Waals surface area contributed by atoms with Crippen molar-refractivity contribution in [3.63, 3.8) is 0 Å². The van der Waals surface area contributed by atoms with E-state index in [4.69, 9.17) is 21.6 Å². The van der Waals surface area contributed by atoms with E-state index in [9.17, 15) is 0 Å². The number of hydrogen-bond donors (Lipinski definition) is 2. The molecule has 0 spiro atoms. The van der Waals surface area contributed by atoms with Gasteiger partial charge in [-0.05, 0) is 24.4 Å². The van der Waals surface area contributed by atoms with Crippen molar-refractivity contribution in [3.05, 3.63) is 17.2 Å². The molecule has 1 aliphatic carbocycles. The van der Waals surface area contributed by atoms with E-state index in [-0.39, 0.29) is 5.28 Å². The molecule has 0 saturated heterocycles. The molecular weight excluding hydrogens is 190 g/mol. The van der Waals surface area contributed by atoms with Gasteiger partial charge in [-0.25, -0.2) is 9.97 Å². The molecule has 4 nitrogen and oxygen atoms in total. The highest BCUT2D eigenvalue weighted by molar-refractivity contribution is 6.59. The largest absolute Gasteiger partial charge is 0.491 e. The van der Waals surface area contributed by atoms with Gasteiger partial charge >= 0.3 is 7.12 Å². The van der Waals surface area contributed by atoms with Gasteiger partial charge in [0.25, 0.3) is 0 Å². The van der Waals surface area contributed by atoms with E-state index in [1.54, 1.807) is 0 Å². The van der Waals surface area contributed by atoms with Crippen LogP contribution < -0.4 is 5.46 Å². The maximum atomic E-state index is 9.00. The molecule has 1 aromatic rings. The molecule has 0 amide bonds. The molecule has 1 aromatic heterocycles. The predicted molar refractivity (Wildman–Crippen MR) is 48.8 cm³/mol. The zero-order chi connectivity index (χ0) is 9.42. The second-order valence-corrected chi connectivity index (χ2v) is 3.47. The summed E-state index contributed by atoms with van der Waals surface area (Å²) in [5.74, 6) is 0.331. The first-order valence-corrected chi connectivity index (χ1v) is 4.44. The molecule has 1 saturated carbocycles. The lowest BCUT2D eigenvalue weighted by molar-refractivity contribution is 0.425. The summed E-state index contributed by atoms with van der Waals surface area (Å²) in [5, 5.41) is 18.2. The van der Waals surface area contributed by atoms with Crippen LogP contribution in [0.2, 0.25) is 5.28 Å². The fourth-order valence-electron chi connectivity index (χ4n) is 1.26. The van der Waals surface area contributed by atoms with Crippen LogP contribution in [0.5, 0.6) is 0 Å². The molecule has 1 fully saturated rings. The summed E-state index contributed by atoms with van der Waals surface area (Å²) in [6.07, 6.45) is 3.44. The van der Waals surface area contributed by atoms with Crippen LogP contribution in [-0.4, -0.2) is 27.1 Å². The molecule has 13 heavy (non-hydrogen) atoms. The Morgan fingerprint density at radius 3 is 2.69 bits per heavy atom. The van der Waals surface area contributed by atoms with Gasteiger partial charge in [-0.2, -0.15) is 0 Å². The Kier molecular flexibility index (Phi) is 2.23. The maximum absolute atomic E-state index is 9.00. The van der Waals surface area contributed by atoms with Crippen molar-refractivity contribution in [3.8, 4) is 0 Å². The molecular formula is C7H8BClN2O2. The lowest BCUT2D eigenvalue weighted by Gasteiger charge is -2.05. The average Bonchev–Trinajstić information content (AvgIpc) is 2.85. The van der Waals surface area contributed by atoms with Gasteiger partial charge in [-0.1, -0.05) is 0 Å². The Labute approximate surface area is 80.7 Å². The van der Waals surface area contributed by atoms with Crippen LogP contribution in [0.15, 0.2) is 6.20 Å². The van der Waals surface area contributed by atoms with Gasteiger partial charge in [0.1, 0.15) is 0 Å². The zero-order valence-corrected chi connectivity index (χ0v) is 7.57. The van der Waals surface area contributed by atoms with Crippen molar-refractivity contribution < 1.29 is 10.0 Å². The second kappa shape index (κ2) is 3.25. The van der Waals surface area contributed by atoms with Crippen molar-refractivity contribution in [2.45, 2.75) is 18.8 Å². The number of aromatic nitrogens is 2. The molecule has 0 atom stereocenters. The van der Waals surface area contributed by atoms with E-state index >= 15 is 0 Å². The SMILES string of the molecule is OB(O)c1cnc(Cl)nc1C1CC1. The van der Waals surface area contributed by atoms with Gasteiger partial charge in [0.2, 0.25) is 5.28 Å². The number of nitrogens with zero attached hydrogens (tertiary/aromatic N) is 2. The van der Waals surface area contributed by atoms with Gasteiger partial charge < -0.3 is 10.0 Å². The van der Waals surface area contributed by atoms with Crippen LogP contribution in [0, 0.1) is 0 Å². The molecule has 6 heteroatoms. The van der Waals surface area contributed by atoms with Crippen LogP contribution in [-0.2, 0) is 0 Å². The smallest absolute Gasteiger partial charge is 0.423 e. The summed E-state index contributed by atoms with van der Waals surface area (Å²) in [7, 11) is -1.51. The third-order valence-corrected chi connectivity index (χ3v) is 2.24. The normalized spacial score (nSPS) is 15.9. The molecule has 0 unspecified atom stereocenters. The average molecular weight is 198 g/mol. The molecule has 1 heterocycles. The lowest BCUT2D eigenvalue weighted by Crippen LogP contribution is -2.34. The van der Waals surface area contributed by atoms with E-state index in [1.807, 2.05) is 0 Å². The molecule has 0 aromatic carbocycles. The topological polar surface area (TPSA) is 66.2 Å². The highest BCUT2D eigenvalue weighted by Gasteiger charge is 2.31. The Morgan fingerprint density at radius 2 is 2.15 bits per heavy atom. The lowest BCUT2D eigenvalue weighted by atomic mass is 9.79. The molecule has 0 radical (unpaired) electrons. The van der Waals surface area contributed by atoms with Gasteiger partial charge in [0, 0.05) is 23.3 Å². The maximum Gasteiger partial charge on any atom is 0.491 e. The minimum atomic E-state index is -1.51. The summed E-state index contributed by atoms with van der Waals surface area (Å²) in [5.41, 5.74) is 1.04. The van der Waals surface area contributed by atoms with Crippen LogP contribution in [0.4, 0.5) is 0 Å². The Bertz CT molecular complexity index is 330. The highest BCUT2D eigenvalue weighted by atomic mass is 35.5.